The van der Waals surface area contributed by atoms with Gasteiger partial charge in [-0.15, -0.1) is 0 Å². The third kappa shape index (κ3) is 4.57. The standard InChI is InChI=1S/C20H19N3O2/c24-19(13-14-21-20(25)22-16-9-2-1-3-10-16)23-18-12-6-8-15-7-4-5-11-17(15)18/h1-12H,13-14H2,(H,23,24)(H2,21,22,25). The lowest BCUT2D eigenvalue weighted by atomic mass is 10.1. The van der Waals surface area contributed by atoms with E-state index >= 15 is 0 Å². The van der Waals surface area contributed by atoms with Gasteiger partial charge in [0.2, 0.25) is 5.91 Å². The molecule has 3 amide bonds. The second-order valence-corrected chi connectivity index (χ2v) is 5.57. The largest absolute Gasteiger partial charge is 0.337 e. The number of nitrogens with one attached hydrogen (secondary N) is 3. The lowest BCUT2D eigenvalue weighted by Crippen LogP contribution is -2.31. The van der Waals surface area contributed by atoms with Crippen LogP contribution in [0, 0.1) is 0 Å². The summed E-state index contributed by atoms with van der Waals surface area (Å²) in [4.78, 5) is 23.9. The number of rotatable bonds is 5. The van der Waals surface area contributed by atoms with Gasteiger partial charge in [0.15, 0.2) is 0 Å². The number of urea groups is 1. The van der Waals surface area contributed by atoms with E-state index in [2.05, 4.69) is 16.0 Å². The number of para-hydroxylation sites is 1. The maximum atomic E-state index is 12.1. The van der Waals surface area contributed by atoms with E-state index in [4.69, 9.17) is 0 Å². The second-order valence-electron chi connectivity index (χ2n) is 5.57. The molecule has 5 nitrogen and oxygen atoms in total. The molecule has 0 radical (unpaired) electrons. The van der Waals surface area contributed by atoms with E-state index in [9.17, 15) is 9.59 Å². The molecule has 0 bridgehead atoms. The van der Waals surface area contributed by atoms with Crippen LogP contribution < -0.4 is 16.0 Å². The van der Waals surface area contributed by atoms with Crippen LogP contribution in [0.25, 0.3) is 10.8 Å². The molecule has 3 aromatic carbocycles. The maximum Gasteiger partial charge on any atom is 0.319 e. The summed E-state index contributed by atoms with van der Waals surface area (Å²) in [5, 5.41) is 10.3. The van der Waals surface area contributed by atoms with E-state index in [1.165, 1.54) is 0 Å². The topological polar surface area (TPSA) is 70.2 Å². The zero-order valence-corrected chi connectivity index (χ0v) is 13.7. The molecule has 3 N–H and O–H groups in total. The van der Waals surface area contributed by atoms with Crippen LogP contribution in [-0.2, 0) is 4.79 Å². The van der Waals surface area contributed by atoms with Gasteiger partial charge in [-0.05, 0) is 23.6 Å². The molecular formula is C20H19N3O2. The van der Waals surface area contributed by atoms with E-state index in [1.54, 1.807) is 12.1 Å². The Morgan fingerprint density at radius 1 is 0.760 bits per heavy atom. The molecule has 0 aliphatic heterocycles. The highest BCUT2D eigenvalue weighted by Crippen LogP contribution is 2.22. The zero-order chi connectivity index (χ0) is 17.5. The lowest BCUT2D eigenvalue weighted by molar-refractivity contribution is -0.116. The number of hydrogen-bond acceptors (Lipinski definition) is 2. The summed E-state index contributed by atoms with van der Waals surface area (Å²) < 4.78 is 0. The van der Waals surface area contributed by atoms with Gasteiger partial charge < -0.3 is 16.0 Å². The van der Waals surface area contributed by atoms with Crippen molar-refractivity contribution in [2.45, 2.75) is 6.42 Å². The molecule has 0 saturated carbocycles. The van der Waals surface area contributed by atoms with Gasteiger partial charge in [-0.1, -0.05) is 54.6 Å². The van der Waals surface area contributed by atoms with Crippen LogP contribution in [-0.4, -0.2) is 18.5 Å². The van der Waals surface area contributed by atoms with Crippen LogP contribution in [0.2, 0.25) is 0 Å². The summed E-state index contributed by atoms with van der Waals surface area (Å²) >= 11 is 0. The first-order valence-corrected chi connectivity index (χ1v) is 8.10. The Balaban J connectivity index is 1.49. The summed E-state index contributed by atoms with van der Waals surface area (Å²) in [6.45, 7) is 0.259. The van der Waals surface area contributed by atoms with Gasteiger partial charge in [0.25, 0.3) is 0 Å². The van der Waals surface area contributed by atoms with Crippen LogP contribution in [0.1, 0.15) is 6.42 Å². The third-order valence-corrected chi connectivity index (χ3v) is 3.73. The first-order chi connectivity index (χ1) is 12.2. The normalized spacial score (nSPS) is 10.2. The smallest absolute Gasteiger partial charge is 0.319 e. The van der Waals surface area contributed by atoms with Crippen LogP contribution in [0.5, 0.6) is 0 Å². The lowest BCUT2D eigenvalue weighted by Gasteiger charge is -2.10. The molecule has 0 fully saturated rings. The fourth-order valence-corrected chi connectivity index (χ4v) is 2.53. The van der Waals surface area contributed by atoms with Crippen LogP contribution >= 0.6 is 0 Å². The molecule has 0 unspecified atom stereocenters. The minimum Gasteiger partial charge on any atom is -0.337 e. The molecule has 25 heavy (non-hydrogen) atoms. The molecule has 0 aliphatic rings. The monoisotopic (exact) mass is 333 g/mol. The molecule has 0 heterocycles. The van der Waals surface area contributed by atoms with Gasteiger partial charge in [-0.25, -0.2) is 4.79 Å². The Labute approximate surface area is 146 Å². The molecule has 0 spiro atoms. The highest BCUT2D eigenvalue weighted by atomic mass is 16.2. The Morgan fingerprint density at radius 2 is 1.48 bits per heavy atom. The van der Waals surface area contributed by atoms with E-state index < -0.39 is 0 Å². The molecule has 3 aromatic rings. The summed E-state index contributed by atoms with van der Waals surface area (Å²) in [7, 11) is 0. The number of hydrogen-bond donors (Lipinski definition) is 3. The Bertz CT molecular complexity index is 873. The van der Waals surface area contributed by atoms with Crippen molar-refractivity contribution < 1.29 is 9.59 Å². The molecule has 0 aliphatic carbocycles. The van der Waals surface area contributed by atoms with Gasteiger partial charge in [-0.2, -0.15) is 0 Å². The predicted octanol–water partition coefficient (Wildman–Crippen LogP) is 3.99. The van der Waals surface area contributed by atoms with Crippen LogP contribution in [0.4, 0.5) is 16.2 Å². The van der Waals surface area contributed by atoms with Crippen molar-refractivity contribution in [3.05, 3.63) is 72.8 Å². The Morgan fingerprint density at radius 3 is 2.32 bits per heavy atom. The SMILES string of the molecule is O=C(CCNC(=O)Nc1ccccc1)Nc1cccc2ccccc12. The van der Waals surface area contributed by atoms with Gasteiger partial charge in [0.05, 0.1) is 0 Å². The maximum absolute atomic E-state index is 12.1. The van der Waals surface area contributed by atoms with Crippen LogP contribution in [0.3, 0.4) is 0 Å². The number of anilines is 2. The number of amides is 3. The zero-order valence-electron chi connectivity index (χ0n) is 13.7. The van der Waals surface area contributed by atoms with Crippen molar-refractivity contribution in [3.63, 3.8) is 0 Å². The predicted molar refractivity (Wildman–Crippen MR) is 101 cm³/mol. The Hall–Kier alpha value is -3.34. The van der Waals surface area contributed by atoms with Gasteiger partial charge in [-0.3, -0.25) is 4.79 Å². The molecule has 3 rings (SSSR count). The van der Waals surface area contributed by atoms with Crippen molar-refractivity contribution in [1.82, 2.24) is 5.32 Å². The second kappa shape index (κ2) is 7.97. The highest BCUT2D eigenvalue weighted by Gasteiger charge is 2.07. The summed E-state index contributed by atoms with van der Waals surface area (Å²) in [6, 6.07) is 22.5. The molecule has 5 heteroatoms. The fourth-order valence-electron chi connectivity index (χ4n) is 2.53. The summed E-state index contributed by atoms with van der Waals surface area (Å²) in [5.41, 5.74) is 1.48. The average molecular weight is 333 g/mol. The van der Waals surface area contributed by atoms with Crippen molar-refractivity contribution >= 4 is 34.1 Å². The van der Waals surface area contributed by atoms with Crippen molar-refractivity contribution in [3.8, 4) is 0 Å². The molecule has 0 aromatic heterocycles. The van der Waals surface area contributed by atoms with Gasteiger partial charge in [0.1, 0.15) is 0 Å². The molecule has 126 valence electrons. The molecule has 0 atom stereocenters. The highest BCUT2D eigenvalue weighted by molar-refractivity contribution is 6.02. The van der Waals surface area contributed by atoms with Crippen molar-refractivity contribution in [1.29, 1.82) is 0 Å². The number of fused-ring (bicyclic) bond motifs is 1. The first-order valence-electron chi connectivity index (χ1n) is 8.10. The Kier molecular flexibility index (Phi) is 5.26. The van der Waals surface area contributed by atoms with Crippen molar-refractivity contribution in [2.24, 2.45) is 0 Å². The van der Waals surface area contributed by atoms with Crippen LogP contribution in [0.15, 0.2) is 72.8 Å². The average Bonchev–Trinajstić information content (AvgIpc) is 2.63. The van der Waals surface area contributed by atoms with Gasteiger partial charge in [0, 0.05) is 29.7 Å². The van der Waals surface area contributed by atoms with E-state index in [1.807, 2.05) is 60.7 Å². The third-order valence-electron chi connectivity index (χ3n) is 3.73. The minimum atomic E-state index is -0.329. The quantitative estimate of drug-likeness (QED) is 0.661. The first kappa shape index (κ1) is 16.5. The molecule has 0 saturated heterocycles. The van der Waals surface area contributed by atoms with E-state index in [0.29, 0.717) is 5.69 Å². The number of carbonyl (C=O) groups excluding carboxylic acids is 2. The van der Waals surface area contributed by atoms with Crippen molar-refractivity contribution in [2.75, 3.05) is 17.2 Å². The number of carbonyl (C=O) groups is 2. The number of benzene rings is 3. The fraction of sp³-hybridized carbons (Fsp3) is 0.100. The van der Waals surface area contributed by atoms with Gasteiger partial charge >= 0.3 is 6.03 Å². The van der Waals surface area contributed by atoms with E-state index in [0.717, 1.165) is 16.5 Å². The minimum absolute atomic E-state index is 0.142. The summed E-state index contributed by atoms with van der Waals surface area (Å²) in [5.74, 6) is -0.142. The summed E-state index contributed by atoms with van der Waals surface area (Å²) in [6.07, 6.45) is 0.200. The molecular weight excluding hydrogens is 314 g/mol. The van der Waals surface area contributed by atoms with E-state index in [-0.39, 0.29) is 24.9 Å².